The summed E-state index contributed by atoms with van der Waals surface area (Å²) in [5.74, 6) is -1.75. The molecule has 1 aliphatic heterocycles. The first-order chi connectivity index (χ1) is 34.1. The Morgan fingerprint density at radius 3 is 1.37 bits per heavy atom. The Morgan fingerprint density at radius 2 is 0.957 bits per heavy atom. The second-order valence-corrected chi connectivity index (χ2v) is 21.0. The summed E-state index contributed by atoms with van der Waals surface area (Å²) < 4.78 is 45.5. The molecule has 1 aromatic rings. The lowest BCUT2D eigenvalue weighted by Gasteiger charge is -2.40. The molecule has 7 N–H and O–H groups in total. The number of benzene rings is 1. The molecule has 0 bridgehead atoms. The lowest BCUT2D eigenvalue weighted by Crippen LogP contribution is -2.60. The van der Waals surface area contributed by atoms with Gasteiger partial charge in [-0.05, 0) is 43.7 Å². The Hall–Kier alpha value is -1.55. The van der Waals surface area contributed by atoms with Crippen LogP contribution in [0.1, 0.15) is 251 Å². The second-order valence-electron chi connectivity index (χ2n) is 20.6. The molecule has 0 aromatic heterocycles. The molecule has 0 spiro atoms. The van der Waals surface area contributed by atoms with Gasteiger partial charge in [0.25, 0.3) is 5.17 Å². The van der Waals surface area contributed by atoms with Gasteiger partial charge in [0.05, 0.1) is 24.9 Å². The van der Waals surface area contributed by atoms with Crippen LogP contribution in [0.15, 0.2) is 18.2 Å². The highest BCUT2D eigenvalue weighted by molar-refractivity contribution is 7.80. The van der Waals surface area contributed by atoms with Crippen LogP contribution in [-0.2, 0) is 14.2 Å². The first kappa shape index (κ1) is 64.6. The Bertz CT molecular complexity index is 1350. The maximum atomic E-state index is 14.1. The van der Waals surface area contributed by atoms with E-state index >= 15 is 0 Å². The standard InChI is InChI=1S/C57H104F2N2O8S/c1-3-5-7-9-11-13-15-17-18-19-20-21-22-23-24-25-26-27-28-30-32-34-36-38-43-60-48(52(63)49(62)42-37-35-33-31-29-16-14-12-10-8-6-4-2)44-67-56-55(66)54(65)53(64)50(69-56)45-68-57(70)61-51-46(58)40-39-41-47(51)59/h39-41,48-50,52-56,60,62-66H,3-38,42-45H2,1-2H3,(H,61,70)/t48-,49+,50+,52-,53-,54-,55+,56+/m0/s1. The Balaban J connectivity index is 1.70. The van der Waals surface area contributed by atoms with E-state index in [1.54, 1.807) is 0 Å². The van der Waals surface area contributed by atoms with Crippen molar-refractivity contribution in [3.8, 4) is 0 Å². The number of hydrogen-bond acceptors (Lipinski definition) is 10. The number of hydrogen-bond donors (Lipinski definition) is 7. The van der Waals surface area contributed by atoms with Crippen LogP contribution in [0.2, 0.25) is 0 Å². The number of aliphatic hydroxyl groups excluding tert-OH is 5. The van der Waals surface area contributed by atoms with E-state index in [1.165, 1.54) is 199 Å². The SMILES string of the molecule is CCCCCCCCCCCCCCCCCCCCCCCCCCN[C@@H](CO[C@@H]1O[C@H](COC(=S)Nc2c(F)cccc2F)[C@H](O)[C@H](O)[C@H]1O)[C@H](O)[C@H](O)CCCCCCCCCCCCCC. The lowest BCUT2D eigenvalue weighted by molar-refractivity contribution is -0.302. The molecule has 10 nitrogen and oxygen atoms in total. The van der Waals surface area contributed by atoms with Crippen molar-refractivity contribution in [3.05, 3.63) is 29.8 Å². The summed E-state index contributed by atoms with van der Waals surface area (Å²) in [5.41, 5.74) is -0.501. The molecule has 0 radical (unpaired) electrons. The average molecular weight is 1020 g/mol. The van der Waals surface area contributed by atoms with Gasteiger partial charge in [-0.2, -0.15) is 0 Å². The zero-order chi connectivity index (χ0) is 50.9. The van der Waals surface area contributed by atoms with Gasteiger partial charge >= 0.3 is 0 Å². The van der Waals surface area contributed by atoms with Crippen LogP contribution < -0.4 is 10.6 Å². The average Bonchev–Trinajstić information content (AvgIpc) is 3.35. The third-order valence-electron chi connectivity index (χ3n) is 14.3. The maximum absolute atomic E-state index is 14.1. The second kappa shape index (κ2) is 43.8. The topological polar surface area (TPSA) is 153 Å². The number of unbranched alkanes of at least 4 members (excludes halogenated alkanes) is 34. The summed E-state index contributed by atoms with van der Waals surface area (Å²) in [7, 11) is 0. The van der Waals surface area contributed by atoms with Gasteiger partial charge in [0, 0.05) is 0 Å². The number of aliphatic hydroxyl groups is 5. The van der Waals surface area contributed by atoms with Gasteiger partial charge in [0.1, 0.15) is 48.3 Å². The van der Waals surface area contributed by atoms with Gasteiger partial charge in [0.15, 0.2) is 6.29 Å². The molecule has 1 fully saturated rings. The predicted octanol–water partition coefficient (Wildman–Crippen LogP) is 13.7. The van der Waals surface area contributed by atoms with E-state index < -0.39 is 78.1 Å². The fourth-order valence-corrected chi connectivity index (χ4v) is 9.76. The molecule has 1 aromatic carbocycles. The van der Waals surface area contributed by atoms with Crippen molar-refractivity contribution in [3.63, 3.8) is 0 Å². The normalized spacial score (nSPS) is 19.6. The molecular formula is C57H104F2N2O8S. The summed E-state index contributed by atoms with van der Waals surface area (Å²) in [5, 5.41) is 60.1. The number of anilines is 1. The summed E-state index contributed by atoms with van der Waals surface area (Å²) in [6.07, 6.45) is 37.0. The van der Waals surface area contributed by atoms with Crippen molar-refractivity contribution in [2.24, 2.45) is 0 Å². The van der Waals surface area contributed by atoms with Crippen LogP contribution >= 0.6 is 12.2 Å². The van der Waals surface area contributed by atoms with Gasteiger partial charge < -0.3 is 50.4 Å². The highest BCUT2D eigenvalue weighted by Gasteiger charge is 2.45. The van der Waals surface area contributed by atoms with Crippen LogP contribution in [0.3, 0.4) is 0 Å². The predicted molar refractivity (Wildman–Crippen MR) is 287 cm³/mol. The van der Waals surface area contributed by atoms with E-state index in [0.717, 1.165) is 50.7 Å². The Morgan fingerprint density at radius 1 is 0.571 bits per heavy atom. The fourth-order valence-electron chi connectivity index (χ4n) is 9.59. The summed E-state index contributed by atoms with van der Waals surface area (Å²) >= 11 is 5.09. The number of thiocarbonyl (C=S) groups is 1. The van der Waals surface area contributed by atoms with Gasteiger partial charge in [-0.15, -0.1) is 0 Å². The van der Waals surface area contributed by atoms with Crippen molar-refractivity contribution in [2.45, 2.75) is 300 Å². The van der Waals surface area contributed by atoms with Crippen molar-refractivity contribution >= 4 is 23.1 Å². The maximum Gasteiger partial charge on any atom is 0.261 e. The zero-order valence-corrected chi connectivity index (χ0v) is 45.1. The van der Waals surface area contributed by atoms with Crippen LogP contribution in [0, 0.1) is 11.6 Å². The quantitative estimate of drug-likeness (QED) is 0.0247. The van der Waals surface area contributed by atoms with E-state index in [0.29, 0.717) is 13.0 Å². The third kappa shape index (κ3) is 31.2. The van der Waals surface area contributed by atoms with Crippen molar-refractivity contribution in [1.29, 1.82) is 0 Å². The smallest absolute Gasteiger partial charge is 0.261 e. The zero-order valence-electron chi connectivity index (χ0n) is 44.3. The highest BCUT2D eigenvalue weighted by Crippen LogP contribution is 2.25. The number of nitrogens with one attached hydrogen (secondary N) is 2. The molecule has 0 unspecified atom stereocenters. The largest absolute Gasteiger partial charge is 0.468 e. The van der Waals surface area contributed by atoms with Crippen molar-refractivity contribution in [2.75, 3.05) is 25.1 Å². The van der Waals surface area contributed by atoms with Crippen LogP contribution in [-0.4, -0.2) is 99.4 Å². The van der Waals surface area contributed by atoms with Gasteiger partial charge in [-0.3, -0.25) is 0 Å². The lowest BCUT2D eigenvalue weighted by atomic mass is 9.98. The Labute approximate surface area is 430 Å². The van der Waals surface area contributed by atoms with E-state index in [-0.39, 0.29) is 6.61 Å². The first-order valence-electron chi connectivity index (χ1n) is 28.9. The summed E-state index contributed by atoms with van der Waals surface area (Å²) in [6.45, 7) is 4.51. The number of rotatable bonds is 47. The third-order valence-corrected chi connectivity index (χ3v) is 14.5. The summed E-state index contributed by atoms with van der Waals surface area (Å²) in [4.78, 5) is 0. The van der Waals surface area contributed by atoms with Crippen molar-refractivity contribution < 1.29 is 48.5 Å². The van der Waals surface area contributed by atoms with Crippen molar-refractivity contribution in [1.82, 2.24) is 5.32 Å². The molecular weight excluding hydrogens is 911 g/mol. The molecule has 0 amide bonds. The van der Waals surface area contributed by atoms with E-state index in [9.17, 15) is 34.3 Å². The van der Waals surface area contributed by atoms with Crippen LogP contribution in [0.4, 0.5) is 14.5 Å². The Kier molecular flexibility index (Phi) is 40.4. The molecule has 410 valence electrons. The van der Waals surface area contributed by atoms with Gasteiger partial charge in [0.2, 0.25) is 0 Å². The molecule has 1 heterocycles. The van der Waals surface area contributed by atoms with E-state index in [1.807, 2.05) is 0 Å². The molecule has 1 saturated heterocycles. The van der Waals surface area contributed by atoms with Crippen LogP contribution in [0.5, 0.6) is 0 Å². The van der Waals surface area contributed by atoms with E-state index in [4.69, 9.17) is 26.4 Å². The first-order valence-corrected chi connectivity index (χ1v) is 29.3. The minimum absolute atomic E-state index is 0.166. The number of halogens is 2. The monoisotopic (exact) mass is 1010 g/mol. The molecule has 0 saturated carbocycles. The highest BCUT2D eigenvalue weighted by atomic mass is 32.1. The van der Waals surface area contributed by atoms with Gasteiger partial charge in [-0.25, -0.2) is 8.78 Å². The van der Waals surface area contributed by atoms with Crippen LogP contribution in [0.25, 0.3) is 0 Å². The molecule has 2 rings (SSSR count). The molecule has 70 heavy (non-hydrogen) atoms. The fraction of sp³-hybridized carbons (Fsp3) is 0.877. The number of para-hydroxylation sites is 1. The molecule has 1 aliphatic rings. The number of ether oxygens (including phenoxy) is 3. The molecule has 13 heteroatoms. The minimum atomic E-state index is -1.68. The molecule has 8 atom stereocenters. The van der Waals surface area contributed by atoms with E-state index in [2.05, 4.69) is 24.5 Å². The minimum Gasteiger partial charge on any atom is -0.468 e. The van der Waals surface area contributed by atoms with Gasteiger partial charge in [-0.1, -0.05) is 245 Å². The molecule has 0 aliphatic carbocycles. The summed E-state index contributed by atoms with van der Waals surface area (Å²) in [6, 6.07) is 2.62.